The maximum Gasteiger partial charge on any atom is 0.220 e. The molecule has 0 saturated heterocycles. The van der Waals surface area contributed by atoms with Crippen LogP contribution in [0.1, 0.15) is 68.5 Å². The monoisotopic (exact) mass is 386 g/mol. The first-order valence-electron chi connectivity index (χ1n) is 10.1. The van der Waals surface area contributed by atoms with Crippen molar-refractivity contribution in [1.82, 2.24) is 10.3 Å². The van der Waals surface area contributed by atoms with Crippen LogP contribution in [0.25, 0.3) is 0 Å². The molecule has 0 bridgehead atoms. The summed E-state index contributed by atoms with van der Waals surface area (Å²) in [5.74, 6) is 2.68. The predicted molar refractivity (Wildman–Crippen MR) is 112 cm³/mol. The van der Waals surface area contributed by atoms with Crippen molar-refractivity contribution in [3.8, 4) is 5.75 Å². The average molecular weight is 387 g/mol. The number of carbonyl (C=O) groups excluding carboxylic acids is 1. The van der Waals surface area contributed by atoms with Gasteiger partial charge in [-0.2, -0.15) is 0 Å². The Morgan fingerprint density at radius 3 is 2.43 bits per heavy atom. The van der Waals surface area contributed by atoms with Crippen molar-refractivity contribution in [2.45, 2.75) is 72.6 Å². The van der Waals surface area contributed by atoms with Gasteiger partial charge in [0.2, 0.25) is 5.91 Å². The number of nitrogens with zero attached hydrogens (tertiary/aromatic N) is 1. The highest BCUT2D eigenvalue weighted by Gasteiger charge is 2.22. The molecule has 1 aromatic carbocycles. The maximum absolute atomic E-state index is 12.0. The molecule has 5 heteroatoms. The quantitative estimate of drug-likeness (QED) is 0.629. The summed E-state index contributed by atoms with van der Waals surface area (Å²) in [5, 5.41) is 2.97. The molecule has 0 aliphatic heterocycles. The Morgan fingerprint density at radius 2 is 1.82 bits per heavy atom. The first-order chi connectivity index (χ1) is 13.2. The van der Waals surface area contributed by atoms with Crippen molar-refractivity contribution in [3.05, 3.63) is 46.7 Å². The van der Waals surface area contributed by atoms with E-state index >= 15 is 0 Å². The Morgan fingerprint density at radius 1 is 1.14 bits per heavy atom. The fourth-order valence-corrected chi connectivity index (χ4v) is 2.98. The van der Waals surface area contributed by atoms with Gasteiger partial charge in [0, 0.05) is 24.8 Å². The normalized spacial score (nSPS) is 11.5. The third-order valence-corrected chi connectivity index (χ3v) is 4.64. The second-order valence-electron chi connectivity index (χ2n) is 8.40. The molecule has 1 N–H and O–H groups in total. The molecule has 0 aliphatic rings. The van der Waals surface area contributed by atoms with E-state index in [9.17, 15) is 4.79 Å². The highest BCUT2D eigenvalue weighted by atomic mass is 16.5. The molecule has 0 fully saturated rings. The van der Waals surface area contributed by atoms with Crippen LogP contribution in [-0.2, 0) is 16.6 Å². The summed E-state index contributed by atoms with van der Waals surface area (Å²) in [5.41, 5.74) is 3.11. The molecule has 28 heavy (non-hydrogen) atoms. The number of ether oxygens (including phenoxy) is 1. The molecule has 0 spiro atoms. The number of aryl methyl sites for hydroxylation is 4. The van der Waals surface area contributed by atoms with E-state index in [-0.39, 0.29) is 11.3 Å². The van der Waals surface area contributed by atoms with E-state index in [1.807, 2.05) is 39.0 Å². The Hall–Kier alpha value is -2.30. The number of amides is 1. The Labute approximate surface area is 168 Å². The summed E-state index contributed by atoms with van der Waals surface area (Å²) in [6.45, 7) is 13.5. The van der Waals surface area contributed by atoms with Crippen molar-refractivity contribution in [1.29, 1.82) is 0 Å². The Balaban J connectivity index is 1.64. The molecule has 5 nitrogen and oxygen atoms in total. The van der Waals surface area contributed by atoms with Gasteiger partial charge in [0.15, 0.2) is 5.89 Å². The van der Waals surface area contributed by atoms with Gasteiger partial charge < -0.3 is 14.5 Å². The van der Waals surface area contributed by atoms with Gasteiger partial charge in [0.25, 0.3) is 0 Å². The number of aromatic nitrogens is 1. The van der Waals surface area contributed by atoms with Crippen molar-refractivity contribution < 1.29 is 13.9 Å². The highest BCUT2D eigenvalue weighted by molar-refractivity contribution is 5.75. The number of para-hydroxylation sites is 1. The van der Waals surface area contributed by atoms with Crippen LogP contribution in [0.15, 0.2) is 22.6 Å². The van der Waals surface area contributed by atoms with Crippen LogP contribution in [0.4, 0.5) is 0 Å². The Kier molecular flexibility index (Phi) is 7.67. The number of benzene rings is 1. The molecule has 154 valence electrons. The van der Waals surface area contributed by atoms with Crippen LogP contribution in [0.3, 0.4) is 0 Å². The number of oxazole rings is 1. The second-order valence-corrected chi connectivity index (χ2v) is 8.40. The molecular formula is C23H34N2O3. The zero-order valence-electron chi connectivity index (χ0n) is 18.1. The highest BCUT2D eigenvalue weighted by Crippen LogP contribution is 2.24. The van der Waals surface area contributed by atoms with E-state index in [4.69, 9.17) is 9.15 Å². The van der Waals surface area contributed by atoms with Gasteiger partial charge in [-0.15, -0.1) is 0 Å². The molecule has 0 radical (unpaired) electrons. The summed E-state index contributed by atoms with van der Waals surface area (Å²) < 4.78 is 11.7. The smallest absolute Gasteiger partial charge is 0.220 e. The molecule has 2 rings (SSSR count). The lowest BCUT2D eigenvalue weighted by Crippen LogP contribution is -2.25. The lowest BCUT2D eigenvalue weighted by atomic mass is 9.97. The number of hydrogen-bond acceptors (Lipinski definition) is 4. The fourth-order valence-electron chi connectivity index (χ4n) is 2.98. The zero-order chi connectivity index (χ0) is 20.7. The number of carbonyl (C=O) groups is 1. The minimum absolute atomic E-state index is 0.0646. The van der Waals surface area contributed by atoms with E-state index in [0.29, 0.717) is 26.0 Å². The summed E-state index contributed by atoms with van der Waals surface area (Å²) in [4.78, 5) is 16.5. The molecule has 0 atom stereocenters. The van der Waals surface area contributed by atoms with Gasteiger partial charge in [-0.05, 0) is 44.7 Å². The average Bonchev–Trinajstić information content (AvgIpc) is 2.99. The third-order valence-electron chi connectivity index (χ3n) is 4.64. The van der Waals surface area contributed by atoms with Gasteiger partial charge in [-0.25, -0.2) is 4.98 Å². The molecule has 1 aromatic heterocycles. The van der Waals surface area contributed by atoms with Crippen LogP contribution in [0, 0.1) is 20.8 Å². The first-order valence-corrected chi connectivity index (χ1v) is 10.1. The van der Waals surface area contributed by atoms with Gasteiger partial charge in [-0.1, -0.05) is 39.0 Å². The molecule has 0 aliphatic carbocycles. The molecule has 1 heterocycles. The molecule has 2 aromatic rings. The second kappa shape index (κ2) is 9.76. The SMILES string of the molecule is Cc1cccc(C)c1OCCCC(=O)NCCCc1oc(C(C)(C)C)nc1C. The van der Waals surface area contributed by atoms with Crippen molar-refractivity contribution in [2.24, 2.45) is 0 Å². The zero-order valence-corrected chi connectivity index (χ0v) is 18.1. The van der Waals surface area contributed by atoms with Gasteiger partial charge in [-0.3, -0.25) is 4.79 Å². The van der Waals surface area contributed by atoms with Crippen LogP contribution < -0.4 is 10.1 Å². The Bertz CT molecular complexity index is 767. The summed E-state index contributed by atoms with van der Waals surface area (Å²) in [6.07, 6.45) is 2.80. The van der Waals surface area contributed by atoms with Crippen molar-refractivity contribution >= 4 is 5.91 Å². The van der Waals surface area contributed by atoms with E-state index in [0.717, 1.165) is 47.1 Å². The van der Waals surface area contributed by atoms with E-state index in [1.165, 1.54) is 0 Å². The molecule has 0 unspecified atom stereocenters. The minimum atomic E-state index is -0.0872. The number of hydrogen-bond donors (Lipinski definition) is 1. The summed E-state index contributed by atoms with van der Waals surface area (Å²) >= 11 is 0. The molecule has 0 saturated carbocycles. The first kappa shape index (κ1) is 22.0. The van der Waals surface area contributed by atoms with Crippen LogP contribution in [-0.4, -0.2) is 24.0 Å². The standard InChI is InChI=1S/C23H34N2O3/c1-16-10-7-11-17(2)21(16)27-15-9-13-20(26)24-14-8-12-19-18(3)25-22(28-19)23(4,5)6/h7,10-11H,8-9,12-15H2,1-6H3,(H,24,26). The van der Waals surface area contributed by atoms with Crippen molar-refractivity contribution in [2.75, 3.05) is 13.2 Å². The van der Waals surface area contributed by atoms with Crippen LogP contribution >= 0.6 is 0 Å². The van der Waals surface area contributed by atoms with Gasteiger partial charge in [0.1, 0.15) is 11.5 Å². The summed E-state index contributed by atoms with van der Waals surface area (Å²) in [6, 6.07) is 6.10. The lowest BCUT2D eigenvalue weighted by Gasteiger charge is -2.12. The predicted octanol–water partition coefficient (Wildman–Crippen LogP) is 4.81. The van der Waals surface area contributed by atoms with E-state index in [2.05, 4.69) is 31.1 Å². The molecule has 1 amide bonds. The van der Waals surface area contributed by atoms with Gasteiger partial charge in [0.05, 0.1) is 12.3 Å². The molecular weight excluding hydrogens is 352 g/mol. The summed E-state index contributed by atoms with van der Waals surface area (Å²) in [7, 11) is 0. The lowest BCUT2D eigenvalue weighted by molar-refractivity contribution is -0.121. The topological polar surface area (TPSA) is 64.4 Å². The van der Waals surface area contributed by atoms with Crippen LogP contribution in [0.5, 0.6) is 5.75 Å². The number of rotatable bonds is 9. The van der Waals surface area contributed by atoms with Crippen LogP contribution in [0.2, 0.25) is 0 Å². The largest absolute Gasteiger partial charge is 0.493 e. The minimum Gasteiger partial charge on any atom is -0.493 e. The number of nitrogens with one attached hydrogen (secondary N) is 1. The van der Waals surface area contributed by atoms with E-state index < -0.39 is 0 Å². The third kappa shape index (κ3) is 6.39. The van der Waals surface area contributed by atoms with E-state index in [1.54, 1.807) is 0 Å². The van der Waals surface area contributed by atoms with Crippen molar-refractivity contribution in [3.63, 3.8) is 0 Å². The van der Waals surface area contributed by atoms with Gasteiger partial charge >= 0.3 is 0 Å². The fraction of sp³-hybridized carbons (Fsp3) is 0.565. The maximum atomic E-state index is 12.0.